The average molecular weight is 393 g/mol. The second kappa shape index (κ2) is 10.5. The zero-order valence-electron chi connectivity index (χ0n) is 16.8. The molecule has 0 atom stereocenters. The summed E-state index contributed by atoms with van der Waals surface area (Å²) < 4.78 is 10.8. The molecule has 1 aliphatic rings. The van der Waals surface area contributed by atoms with Gasteiger partial charge in [-0.05, 0) is 49.1 Å². The van der Waals surface area contributed by atoms with Gasteiger partial charge in [-0.25, -0.2) is 0 Å². The minimum absolute atomic E-state index is 0.0308. The van der Waals surface area contributed by atoms with Gasteiger partial charge in [0.2, 0.25) is 5.91 Å². The molecule has 0 radical (unpaired) electrons. The molecule has 0 aromatic heterocycles. The lowest BCUT2D eigenvalue weighted by Gasteiger charge is -2.30. The molecule has 1 heterocycles. The normalized spacial score (nSPS) is 14.7. The molecule has 29 heavy (non-hydrogen) atoms. The minimum atomic E-state index is -0.148. The van der Waals surface area contributed by atoms with E-state index in [1.165, 1.54) is 0 Å². The topological polar surface area (TPSA) is 55.8 Å². The van der Waals surface area contributed by atoms with Crippen LogP contribution in [0.2, 0.25) is 0 Å². The van der Waals surface area contributed by atoms with Gasteiger partial charge in [-0.3, -0.25) is 9.59 Å². The molecule has 5 nitrogen and oxygen atoms in total. The molecule has 0 aliphatic carbocycles. The number of amides is 1. The highest BCUT2D eigenvalue weighted by atomic mass is 16.5. The van der Waals surface area contributed by atoms with Crippen LogP contribution in [-0.4, -0.2) is 36.5 Å². The Morgan fingerprint density at radius 3 is 2.38 bits per heavy atom. The van der Waals surface area contributed by atoms with E-state index in [2.05, 4.69) is 0 Å². The second-order valence-electron chi connectivity index (χ2n) is 7.03. The number of likely N-dealkylation sites (tertiary alicyclic amines) is 1. The number of piperidine rings is 1. The summed E-state index contributed by atoms with van der Waals surface area (Å²) in [5.74, 6) is 0.520. The van der Waals surface area contributed by atoms with Crippen LogP contribution in [0.3, 0.4) is 0 Å². The zero-order chi connectivity index (χ0) is 20.5. The lowest BCUT2D eigenvalue weighted by molar-refractivity contribution is -0.150. The third-order valence-electron chi connectivity index (χ3n) is 4.97. The maximum Gasteiger partial charge on any atom is 0.309 e. The molecule has 152 valence electrons. The SMILES string of the molecule is CCOC(=O)C1CCN(C(=O)/C=C/c2ccc(OCc3ccccc3)cc2)CC1. The van der Waals surface area contributed by atoms with Crippen molar-refractivity contribution < 1.29 is 19.1 Å². The maximum absolute atomic E-state index is 12.4. The maximum atomic E-state index is 12.4. The number of carbonyl (C=O) groups is 2. The molecule has 5 heteroatoms. The minimum Gasteiger partial charge on any atom is -0.489 e. The second-order valence-corrected chi connectivity index (χ2v) is 7.03. The van der Waals surface area contributed by atoms with E-state index in [1.807, 2.05) is 61.5 Å². The molecular formula is C24H27NO4. The fourth-order valence-electron chi connectivity index (χ4n) is 3.28. The molecule has 0 spiro atoms. The summed E-state index contributed by atoms with van der Waals surface area (Å²) in [6.45, 7) is 3.90. The number of ether oxygens (including phenoxy) is 2. The lowest BCUT2D eigenvalue weighted by atomic mass is 9.97. The predicted octanol–water partition coefficient (Wildman–Crippen LogP) is 4.08. The Kier molecular flexibility index (Phi) is 7.45. The molecule has 3 rings (SSSR count). The Morgan fingerprint density at radius 1 is 1.03 bits per heavy atom. The van der Waals surface area contributed by atoms with Crippen molar-refractivity contribution in [3.05, 3.63) is 71.8 Å². The largest absolute Gasteiger partial charge is 0.489 e. The molecule has 2 aromatic carbocycles. The first-order valence-electron chi connectivity index (χ1n) is 10.1. The molecule has 1 saturated heterocycles. The summed E-state index contributed by atoms with van der Waals surface area (Å²) in [7, 11) is 0. The van der Waals surface area contributed by atoms with Crippen LogP contribution in [0.4, 0.5) is 0 Å². The summed E-state index contributed by atoms with van der Waals surface area (Å²) in [6.07, 6.45) is 4.71. The van der Waals surface area contributed by atoms with E-state index in [4.69, 9.17) is 9.47 Å². The van der Waals surface area contributed by atoms with Gasteiger partial charge in [-0.2, -0.15) is 0 Å². The van der Waals surface area contributed by atoms with Crippen LogP contribution < -0.4 is 4.74 Å². The van der Waals surface area contributed by atoms with Gasteiger partial charge in [-0.1, -0.05) is 42.5 Å². The van der Waals surface area contributed by atoms with Gasteiger partial charge in [0, 0.05) is 19.2 Å². The Bertz CT molecular complexity index is 822. The monoisotopic (exact) mass is 393 g/mol. The predicted molar refractivity (Wildman–Crippen MR) is 112 cm³/mol. The number of hydrogen-bond acceptors (Lipinski definition) is 4. The third-order valence-corrected chi connectivity index (χ3v) is 4.97. The van der Waals surface area contributed by atoms with Crippen LogP contribution in [0.1, 0.15) is 30.9 Å². The van der Waals surface area contributed by atoms with Gasteiger partial charge < -0.3 is 14.4 Å². The molecule has 0 bridgehead atoms. The summed E-state index contributed by atoms with van der Waals surface area (Å²) in [5, 5.41) is 0. The number of carbonyl (C=O) groups excluding carboxylic acids is 2. The Labute approximate surface area is 171 Å². The number of benzene rings is 2. The number of rotatable bonds is 7. The number of nitrogens with zero attached hydrogens (tertiary/aromatic N) is 1. The highest BCUT2D eigenvalue weighted by molar-refractivity contribution is 5.92. The van der Waals surface area contributed by atoms with Crippen LogP contribution in [0.25, 0.3) is 6.08 Å². The average Bonchev–Trinajstić information content (AvgIpc) is 2.78. The van der Waals surface area contributed by atoms with Crippen LogP contribution in [0, 0.1) is 5.92 Å². The van der Waals surface area contributed by atoms with Crippen molar-refractivity contribution >= 4 is 18.0 Å². The highest BCUT2D eigenvalue weighted by Gasteiger charge is 2.27. The molecule has 1 aliphatic heterocycles. The Balaban J connectivity index is 1.46. The van der Waals surface area contributed by atoms with E-state index in [9.17, 15) is 9.59 Å². The van der Waals surface area contributed by atoms with Gasteiger partial charge in [0.25, 0.3) is 0 Å². The van der Waals surface area contributed by atoms with Crippen molar-refractivity contribution in [1.82, 2.24) is 4.90 Å². The third kappa shape index (κ3) is 6.21. The smallest absolute Gasteiger partial charge is 0.309 e. The quantitative estimate of drug-likeness (QED) is 0.525. The fourth-order valence-corrected chi connectivity index (χ4v) is 3.28. The first-order valence-corrected chi connectivity index (χ1v) is 10.1. The molecule has 0 N–H and O–H groups in total. The van der Waals surface area contributed by atoms with Gasteiger partial charge in [-0.15, -0.1) is 0 Å². The Hall–Kier alpha value is -3.08. The van der Waals surface area contributed by atoms with Crippen molar-refractivity contribution in [3.63, 3.8) is 0 Å². The molecular weight excluding hydrogens is 366 g/mol. The van der Waals surface area contributed by atoms with E-state index < -0.39 is 0 Å². The first kappa shape index (κ1) is 20.6. The Morgan fingerprint density at radius 2 is 1.72 bits per heavy atom. The van der Waals surface area contributed by atoms with E-state index in [-0.39, 0.29) is 17.8 Å². The highest BCUT2D eigenvalue weighted by Crippen LogP contribution is 2.19. The lowest BCUT2D eigenvalue weighted by Crippen LogP contribution is -2.39. The first-order chi connectivity index (χ1) is 14.2. The fraction of sp³-hybridized carbons (Fsp3) is 0.333. The zero-order valence-corrected chi connectivity index (χ0v) is 16.8. The molecule has 0 saturated carbocycles. The van der Waals surface area contributed by atoms with Crippen molar-refractivity contribution in [2.24, 2.45) is 5.92 Å². The van der Waals surface area contributed by atoms with Gasteiger partial charge in [0.05, 0.1) is 12.5 Å². The van der Waals surface area contributed by atoms with Crippen molar-refractivity contribution in [2.45, 2.75) is 26.4 Å². The van der Waals surface area contributed by atoms with Crippen LogP contribution in [-0.2, 0) is 20.9 Å². The molecule has 0 unspecified atom stereocenters. The van der Waals surface area contributed by atoms with E-state index in [0.717, 1.165) is 16.9 Å². The number of esters is 1. The van der Waals surface area contributed by atoms with Crippen molar-refractivity contribution in [1.29, 1.82) is 0 Å². The van der Waals surface area contributed by atoms with Crippen molar-refractivity contribution in [2.75, 3.05) is 19.7 Å². The molecule has 2 aromatic rings. The number of hydrogen-bond donors (Lipinski definition) is 0. The van der Waals surface area contributed by atoms with Gasteiger partial charge >= 0.3 is 5.97 Å². The van der Waals surface area contributed by atoms with Crippen molar-refractivity contribution in [3.8, 4) is 5.75 Å². The summed E-state index contributed by atoms with van der Waals surface area (Å²) >= 11 is 0. The van der Waals surface area contributed by atoms with E-state index in [0.29, 0.717) is 39.1 Å². The van der Waals surface area contributed by atoms with E-state index in [1.54, 1.807) is 17.1 Å². The molecule has 1 amide bonds. The van der Waals surface area contributed by atoms with Gasteiger partial charge in [0.1, 0.15) is 12.4 Å². The summed E-state index contributed by atoms with van der Waals surface area (Å²) in [5.41, 5.74) is 2.06. The van der Waals surface area contributed by atoms with Crippen LogP contribution >= 0.6 is 0 Å². The standard InChI is InChI=1S/C24H27NO4/c1-2-28-24(27)21-14-16-25(17-15-21)23(26)13-10-19-8-11-22(12-9-19)29-18-20-6-4-3-5-7-20/h3-13,21H,2,14-18H2,1H3/b13-10+. The van der Waals surface area contributed by atoms with Crippen LogP contribution in [0.15, 0.2) is 60.7 Å². The van der Waals surface area contributed by atoms with Crippen LogP contribution in [0.5, 0.6) is 5.75 Å². The van der Waals surface area contributed by atoms with E-state index >= 15 is 0 Å². The van der Waals surface area contributed by atoms with Gasteiger partial charge in [0.15, 0.2) is 0 Å². The summed E-state index contributed by atoms with van der Waals surface area (Å²) in [6, 6.07) is 17.7. The summed E-state index contributed by atoms with van der Waals surface area (Å²) in [4.78, 5) is 26.0. The molecule has 1 fully saturated rings.